The number of amides is 2. The van der Waals surface area contributed by atoms with Gasteiger partial charge in [-0.05, 0) is 134 Å². The molecular weight excluding hydrogens is 877 g/mol. The number of hydrogen-bond donors (Lipinski definition) is 4. The highest BCUT2D eigenvalue weighted by atomic mass is 16.7. The molecule has 3 aliphatic heterocycles. The number of hydrogen-bond acceptors (Lipinski definition) is 9. The van der Waals surface area contributed by atoms with Crippen LogP contribution >= 0.6 is 0 Å². The van der Waals surface area contributed by atoms with Crippen molar-refractivity contribution in [2.75, 3.05) is 35.7 Å². The number of fused-ring (bicyclic) bond motifs is 4. The summed E-state index contributed by atoms with van der Waals surface area (Å²) in [6.45, 7) is 14.9. The van der Waals surface area contributed by atoms with Crippen molar-refractivity contribution in [1.82, 2.24) is 4.57 Å². The minimum Gasteiger partial charge on any atom is -0.481 e. The van der Waals surface area contributed by atoms with Gasteiger partial charge in [0.25, 0.3) is 0 Å². The van der Waals surface area contributed by atoms with Crippen molar-refractivity contribution in [3.05, 3.63) is 101 Å². The Bertz CT molecular complexity index is 2790. The Morgan fingerprint density at radius 1 is 0.638 bits per heavy atom. The molecular formula is C55H66N4O10. The summed E-state index contributed by atoms with van der Waals surface area (Å²) < 4.78 is 24.0. The Morgan fingerprint density at radius 3 is 1.65 bits per heavy atom. The van der Waals surface area contributed by atoms with Gasteiger partial charge in [-0.1, -0.05) is 61.1 Å². The van der Waals surface area contributed by atoms with Crippen molar-refractivity contribution in [1.29, 1.82) is 0 Å². The molecule has 5 aliphatic rings. The number of carboxylic acid groups (broad SMARTS) is 2. The molecule has 4 N–H and O–H groups in total. The molecule has 4 aromatic carbocycles. The first-order valence-electron chi connectivity index (χ1n) is 23.7. The number of carbonyl (C=O) groups is 4. The monoisotopic (exact) mass is 942 g/mol. The first kappa shape index (κ1) is 48.7. The summed E-state index contributed by atoms with van der Waals surface area (Å²) in [7, 11) is 0. The van der Waals surface area contributed by atoms with E-state index in [-0.39, 0.29) is 62.5 Å². The summed E-state index contributed by atoms with van der Waals surface area (Å²) in [5.41, 5.74) is 6.91. The summed E-state index contributed by atoms with van der Waals surface area (Å²) in [5.74, 6) is 1.28. The van der Waals surface area contributed by atoms with Crippen molar-refractivity contribution in [2.24, 2.45) is 5.41 Å². The number of nitrogens with one attached hydrogen (secondary N) is 2. The van der Waals surface area contributed by atoms with Gasteiger partial charge in [-0.25, -0.2) is 0 Å². The van der Waals surface area contributed by atoms with Gasteiger partial charge in [0.1, 0.15) is 0 Å². The number of aryl methyl sites for hydroxylation is 1. The number of benzene rings is 4. The number of rotatable bonds is 14. The normalized spacial score (nSPS) is 17.5. The van der Waals surface area contributed by atoms with Gasteiger partial charge in [0, 0.05) is 71.0 Å². The van der Waals surface area contributed by atoms with Crippen LogP contribution in [0.15, 0.2) is 78.9 Å². The maximum Gasteiger partial charge on any atom is 0.303 e. The van der Waals surface area contributed by atoms with E-state index in [1.54, 1.807) is 0 Å². The number of aliphatic carboxylic acids is 2. The summed E-state index contributed by atoms with van der Waals surface area (Å²) in [6, 6.07) is 26.0. The predicted octanol–water partition coefficient (Wildman–Crippen LogP) is 10.6. The first-order valence-corrected chi connectivity index (χ1v) is 23.7. The van der Waals surface area contributed by atoms with E-state index < -0.39 is 22.8 Å². The summed E-state index contributed by atoms with van der Waals surface area (Å²) in [6.07, 6.45) is 5.58. The molecule has 0 radical (unpaired) electrons. The highest BCUT2D eigenvalue weighted by molar-refractivity contribution is 6.03. The second kappa shape index (κ2) is 18.7. The average molecular weight is 943 g/mol. The van der Waals surface area contributed by atoms with Crippen LogP contribution in [0, 0.1) is 5.41 Å². The summed E-state index contributed by atoms with van der Waals surface area (Å²) >= 11 is 0. The van der Waals surface area contributed by atoms with E-state index in [2.05, 4.69) is 79.8 Å². The highest BCUT2D eigenvalue weighted by Gasteiger charge is 2.53. The van der Waals surface area contributed by atoms with E-state index >= 15 is 0 Å². The highest BCUT2D eigenvalue weighted by Crippen LogP contribution is 2.53. The fourth-order valence-corrected chi connectivity index (χ4v) is 10.1. The topological polar surface area (TPSA) is 178 Å². The summed E-state index contributed by atoms with van der Waals surface area (Å²) in [5, 5.41) is 25.4. The molecule has 14 nitrogen and oxygen atoms in total. The number of ether oxygens (including phenoxy) is 4. The van der Waals surface area contributed by atoms with Crippen molar-refractivity contribution in [2.45, 2.75) is 136 Å². The zero-order valence-corrected chi connectivity index (χ0v) is 39.8. The Labute approximate surface area is 404 Å². The van der Waals surface area contributed by atoms with Gasteiger partial charge in [0.05, 0.1) is 10.8 Å². The first-order chi connectivity index (χ1) is 32.3. The molecule has 14 heteroatoms. The molecule has 2 aliphatic carbocycles. The molecule has 0 spiro atoms. The molecule has 2 saturated carbocycles. The molecule has 1 atom stereocenters. The number of nitrogens with zero attached hydrogens (tertiary/aromatic N) is 2. The Hall–Kier alpha value is -6.70. The largest absolute Gasteiger partial charge is 0.481 e. The van der Waals surface area contributed by atoms with Gasteiger partial charge in [0.15, 0.2) is 23.0 Å². The fourth-order valence-electron chi connectivity index (χ4n) is 10.1. The SMILES string of the molecule is C.CC(C)(C)C1Cc2cc(NC(=O)C3(c4ccc5c(c4)OCO5)CC3)ccc2N1CCCC(=O)O.CC(C)(C)c1cc2cc(NC(=O)C3(c4ccc5c(c4)OCO5)CC3)ccc2n1CCCC(=O)O. The molecule has 5 aromatic rings. The van der Waals surface area contributed by atoms with Crippen LogP contribution in [0.2, 0.25) is 0 Å². The zero-order valence-electron chi connectivity index (χ0n) is 39.8. The Kier molecular flexibility index (Phi) is 13.2. The maximum atomic E-state index is 13.3. The van der Waals surface area contributed by atoms with Crippen LogP contribution in [0.4, 0.5) is 17.1 Å². The number of anilines is 3. The fraction of sp³-hybridized carbons (Fsp3) is 0.455. The molecule has 366 valence electrons. The third-order valence-corrected chi connectivity index (χ3v) is 14.1. The van der Waals surface area contributed by atoms with Gasteiger partial charge in [-0.2, -0.15) is 0 Å². The second-order valence-corrected chi connectivity index (χ2v) is 21.0. The lowest BCUT2D eigenvalue weighted by atomic mass is 9.84. The van der Waals surface area contributed by atoms with E-state index in [9.17, 15) is 19.2 Å². The lowest BCUT2D eigenvalue weighted by Crippen LogP contribution is -2.42. The van der Waals surface area contributed by atoms with E-state index in [0.717, 1.165) is 82.6 Å². The van der Waals surface area contributed by atoms with Crippen LogP contribution in [-0.4, -0.2) is 64.7 Å². The molecule has 2 fully saturated rings. The second-order valence-electron chi connectivity index (χ2n) is 21.0. The van der Waals surface area contributed by atoms with Gasteiger partial charge >= 0.3 is 11.9 Å². The maximum absolute atomic E-state index is 13.3. The van der Waals surface area contributed by atoms with Crippen LogP contribution in [0.25, 0.3) is 10.9 Å². The van der Waals surface area contributed by atoms with E-state index in [4.69, 9.17) is 29.2 Å². The van der Waals surface area contributed by atoms with Crippen molar-refractivity contribution >= 4 is 51.7 Å². The van der Waals surface area contributed by atoms with Gasteiger partial charge < -0.3 is 49.3 Å². The zero-order chi connectivity index (χ0) is 48.2. The van der Waals surface area contributed by atoms with Crippen molar-refractivity contribution in [3.63, 3.8) is 0 Å². The lowest BCUT2D eigenvalue weighted by molar-refractivity contribution is -0.138. The smallest absolute Gasteiger partial charge is 0.303 e. The molecule has 10 rings (SSSR count). The minimum atomic E-state index is -0.782. The van der Waals surface area contributed by atoms with Gasteiger partial charge in [0.2, 0.25) is 25.4 Å². The van der Waals surface area contributed by atoms with Crippen LogP contribution < -0.4 is 34.5 Å². The molecule has 2 amide bonds. The third-order valence-electron chi connectivity index (χ3n) is 14.1. The molecule has 0 saturated heterocycles. The lowest BCUT2D eigenvalue weighted by Gasteiger charge is -2.37. The van der Waals surface area contributed by atoms with Crippen LogP contribution in [0.3, 0.4) is 0 Å². The van der Waals surface area contributed by atoms with Crippen LogP contribution in [0.5, 0.6) is 23.0 Å². The van der Waals surface area contributed by atoms with Crippen LogP contribution in [-0.2, 0) is 48.4 Å². The average Bonchev–Trinajstić information content (AvgIpc) is 4.04. The predicted molar refractivity (Wildman–Crippen MR) is 266 cm³/mol. The van der Waals surface area contributed by atoms with Crippen molar-refractivity contribution in [3.8, 4) is 23.0 Å². The molecule has 1 aromatic heterocycles. The van der Waals surface area contributed by atoms with E-state index in [1.165, 1.54) is 5.56 Å². The van der Waals surface area contributed by atoms with E-state index in [0.29, 0.717) is 43.2 Å². The standard InChI is InChI=1S/C27H32N2O5.C27H30N2O5.CH4/c2*1-26(2,3)23-14-17-13-19(7-8-20(17)29(23)12-4-5-24(30)31)28-25(32)27(10-11-27)18-6-9-21-22(15-18)34-16-33-21;/h6-9,13,15,23H,4-5,10-12,14,16H2,1-3H3,(H,28,32)(H,30,31);6-9,13-15H,4-5,10-12,16H2,1-3H3,(H,28,32)(H,30,31);1H4. The Balaban J connectivity index is 0.000000183. The van der Waals surface area contributed by atoms with Crippen molar-refractivity contribution < 1.29 is 48.3 Å². The van der Waals surface area contributed by atoms with E-state index in [1.807, 2.05) is 60.7 Å². The minimum absolute atomic E-state index is 0. The van der Waals surface area contributed by atoms with Gasteiger partial charge in [-0.15, -0.1) is 0 Å². The third kappa shape index (κ3) is 9.93. The summed E-state index contributed by atoms with van der Waals surface area (Å²) in [4.78, 5) is 51.0. The van der Waals surface area contributed by atoms with Gasteiger partial charge in [-0.3, -0.25) is 19.2 Å². The Morgan fingerprint density at radius 2 is 1.14 bits per heavy atom. The number of aromatic nitrogens is 1. The van der Waals surface area contributed by atoms with Crippen LogP contribution in [0.1, 0.15) is 123 Å². The number of carbonyl (C=O) groups excluding carboxylic acids is 2. The molecule has 1 unspecified atom stereocenters. The molecule has 4 heterocycles. The molecule has 0 bridgehead atoms. The molecule has 69 heavy (non-hydrogen) atoms. The number of carboxylic acids is 2. The quantitative estimate of drug-likeness (QED) is 0.0833.